The van der Waals surface area contributed by atoms with E-state index in [1.54, 1.807) is 17.4 Å². The molecule has 1 saturated heterocycles. The molecule has 0 unspecified atom stereocenters. The van der Waals surface area contributed by atoms with Gasteiger partial charge in [-0.15, -0.1) is 5.10 Å². The zero-order valence-electron chi connectivity index (χ0n) is 11.6. The minimum atomic E-state index is -0.0625. The number of aromatic nitrogens is 3. The third-order valence-electron chi connectivity index (χ3n) is 4.54. The van der Waals surface area contributed by atoms with E-state index in [2.05, 4.69) is 15.0 Å². The third kappa shape index (κ3) is 1.93. The second-order valence-electron chi connectivity index (χ2n) is 6.04. The van der Waals surface area contributed by atoms with Gasteiger partial charge in [0.25, 0.3) is 5.56 Å². The highest BCUT2D eigenvalue weighted by Gasteiger charge is 2.45. The van der Waals surface area contributed by atoms with Gasteiger partial charge in [0.1, 0.15) is 0 Å². The molecule has 6 heteroatoms. The predicted octanol–water partition coefficient (Wildman–Crippen LogP) is 2.09. The Morgan fingerprint density at radius 3 is 3.00 bits per heavy atom. The molecule has 0 atom stereocenters. The second-order valence-corrected chi connectivity index (χ2v) is 6.98. The van der Waals surface area contributed by atoms with E-state index in [9.17, 15) is 4.79 Å². The van der Waals surface area contributed by atoms with Gasteiger partial charge in [0.15, 0.2) is 0 Å². The van der Waals surface area contributed by atoms with Crippen molar-refractivity contribution in [3.8, 4) is 0 Å². The van der Waals surface area contributed by atoms with E-state index in [-0.39, 0.29) is 5.56 Å². The number of piperidine rings is 1. The summed E-state index contributed by atoms with van der Waals surface area (Å²) in [5.41, 5.74) is 1.35. The molecule has 2 aliphatic rings. The highest BCUT2D eigenvalue weighted by atomic mass is 32.1. The molecule has 2 aromatic heterocycles. The van der Waals surface area contributed by atoms with Gasteiger partial charge in [-0.05, 0) is 37.5 Å². The van der Waals surface area contributed by atoms with Crippen LogP contribution in [-0.4, -0.2) is 27.7 Å². The Labute approximate surface area is 121 Å². The molecule has 5 nitrogen and oxygen atoms in total. The highest BCUT2D eigenvalue weighted by molar-refractivity contribution is 7.20. The first-order valence-electron chi connectivity index (χ1n) is 7.34. The van der Waals surface area contributed by atoms with Gasteiger partial charge in [0.05, 0.1) is 0 Å². The van der Waals surface area contributed by atoms with Crippen molar-refractivity contribution in [3.63, 3.8) is 0 Å². The van der Waals surface area contributed by atoms with Crippen LogP contribution in [0.4, 0.5) is 5.13 Å². The standard InChI is InChI=1S/C14H18N4OS/c1-2-10-8-11(19)18-12(15-10)20-13(16-18)17-7-3-4-14(9-17)5-6-14/h8H,2-7,9H2,1H3. The molecule has 1 aliphatic carbocycles. The van der Waals surface area contributed by atoms with E-state index in [0.29, 0.717) is 5.41 Å². The van der Waals surface area contributed by atoms with Gasteiger partial charge >= 0.3 is 0 Å². The molecule has 20 heavy (non-hydrogen) atoms. The van der Waals surface area contributed by atoms with Crippen molar-refractivity contribution in [1.29, 1.82) is 0 Å². The molecule has 2 fully saturated rings. The monoisotopic (exact) mass is 290 g/mol. The quantitative estimate of drug-likeness (QED) is 0.850. The van der Waals surface area contributed by atoms with Gasteiger partial charge in [0.2, 0.25) is 10.1 Å². The minimum absolute atomic E-state index is 0.0625. The fourth-order valence-electron chi connectivity index (χ4n) is 3.11. The first-order valence-corrected chi connectivity index (χ1v) is 8.16. The Morgan fingerprint density at radius 1 is 1.40 bits per heavy atom. The lowest BCUT2D eigenvalue weighted by Gasteiger charge is -2.32. The smallest absolute Gasteiger partial charge is 0.275 e. The maximum absolute atomic E-state index is 12.0. The predicted molar refractivity (Wildman–Crippen MR) is 79.6 cm³/mol. The Kier molecular flexibility index (Phi) is 2.64. The molecule has 0 radical (unpaired) electrons. The molecule has 4 rings (SSSR count). The topological polar surface area (TPSA) is 50.5 Å². The lowest BCUT2D eigenvalue weighted by atomic mass is 9.96. The fraction of sp³-hybridized carbons (Fsp3) is 0.643. The van der Waals surface area contributed by atoms with Crippen LogP contribution < -0.4 is 10.5 Å². The summed E-state index contributed by atoms with van der Waals surface area (Å²) < 4.78 is 1.45. The molecule has 3 heterocycles. The second kappa shape index (κ2) is 4.28. The van der Waals surface area contributed by atoms with Crippen LogP contribution in [0.25, 0.3) is 4.96 Å². The largest absolute Gasteiger partial charge is 0.346 e. The van der Waals surface area contributed by atoms with Gasteiger partial charge in [-0.1, -0.05) is 18.3 Å². The molecular weight excluding hydrogens is 272 g/mol. The molecule has 0 amide bonds. The zero-order chi connectivity index (χ0) is 13.7. The summed E-state index contributed by atoms with van der Waals surface area (Å²) in [5.74, 6) is 0. The maximum atomic E-state index is 12.0. The van der Waals surface area contributed by atoms with Gasteiger partial charge in [-0.2, -0.15) is 4.52 Å². The Hall–Kier alpha value is -1.43. The molecule has 2 aromatic rings. The van der Waals surface area contributed by atoms with E-state index in [4.69, 9.17) is 0 Å². The van der Waals surface area contributed by atoms with Gasteiger partial charge in [-0.3, -0.25) is 4.79 Å². The number of hydrogen-bond donors (Lipinski definition) is 0. The van der Waals surface area contributed by atoms with E-state index in [1.807, 2.05) is 6.92 Å². The van der Waals surface area contributed by atoms with E-state index in [1.165, 1.54) is 30.2 Å². The third-order valence-corrected chi connectivity index (χ3v) is 5.51. The Morgan fingerprint density at radius 2 is 2.25 bits per heavy atom. The number of nitrogens with zero attached hydrogens (tertiary/aromatic N) is 4. The lowest BCUT2D eigenvalue weighted by molar-refractivity contribution is 0.394. The molecule has 1 spiro atoms. The first kappa shape index (κ1) is 12.3. The van der Waals surface area contributed by atoms with Crippen LogP contribution in [0.5, 0.6) is 0 Å². The van der Waals surface area contributed by atoms with Crippen LogP contribution >= 0.6 is 11.3 Å². The highest BCUT2D eigenvalue weighted by Crippen LogP contribution is 2.52. The summed E-state index contributed by atoms with van der Waals surface area (Å²) in [5, 5.41) is 5.44. The SMILES string of the molecule is CCc1cc(=O)n2nc(N3CCCC4(CC4)C3)sc2n1. The van der Waals surface area contributed by atoms with Crippen LogP contribution in [0.15, 0.2) is 10.9 Å². The van der Waals surface area contributed by atoms with Crippen molar-refractivity contribution in [1.82, 2.24) is 14.6 Å². The van der Waals surface area contributed by atoms with E-state index >= 15 is 0 Å². The van der Waals surface area contributed by atoms with Crippen molar-refractivity contribution in [2.75, 3.05) is 18.0 Å². The van der Waals surface area contributed by atoms with Crippen LogP contribution in [0.1, 0.15) is 38.3 Å². The lowest BCUT2D eigenvalue weighted by Crippen LogP contribution is -2.36. The summed E-state index contributed by atoms with van der Waals surface area (Å²) in [7, 11) is 0. The average Bonchev–Trinajstić information content (AvgIpc) is 3.04. The summed E-state index contributed by atoms with van der Waals surface area (Å²) in [6.45, 7) is 4.17. The fourth-order valence-corrected chi connectivity index (χ4v) is 4.06. The number of fused-ring (bicyclic) bond motifs is 1. The Balaban J connectivity index is 1.73. The van der Waals surface area contributed by atoms with Crippen molar-refractivity contribution in [2.24, 2.45) is 5.41 Å². The Bertz CT molecular complexity index is 716. The van der Waals surface area contributed by atoms with Gasteiger partial charge < -0.3 is 4.90 Å². The number of hydrogen-bond acceptors (Lipinski definition) is 5. The van der Waals surface area contributed by atoms with Crippen molar-refractivity contribution in [3.05, 3.63) is 22.1 Å². The van der Waals surface area contributed by atoms with Crippen LogP contribution in [-0.2, 0) is 6.42 Å². The van der Waals surface area contributed by atoms with Crippen LogP contribution in [0.2, 0.25) is 0 Å². The maximum Gasteiger partial charge on any atom is 0.275 e. The van der Waals surface area contributed by atoms with Crippen molar-refractivity contribution >= 4 is 21.4 Å². The summed E-state index contributed by atoms with van der Waals surface area (Å²) >= 11 is 1.54. The molecule has 0 N–H and O–H groups in total. The number of aryl methyl sites for hydroxylation is 1. The summed E-state index contributed by atoms with van der Waals surface area (Å²) in [6.07, 6.45) is 6.08. The normalized spacial score (nSPS) is 20.8. The molecule has 1 saturated carbocycles. The average molecular weight is 290 g/mol. The van der Waals surface area contributed by atoms with Crippen LogP contribution in [0.3, 0.4) is 0 Å². The van der Waals surface area contributed by atoms with Crippen LogP contribution in [0, 0.1) is 5.41 Å². The van der Waals surface area contributed by atoms with Gasteiger partial charge in [0, 0.05) is 24.8 Å². The van der Waals surface area contributed by atoms with E-state index in [0.717, 1.165) is 35.3 Å². The molecule has 1 aliphatic heterocycles. The van der Waals surface area contributed by atoms with Crippen molar-refractivity contribution < 1.29 is 0 Å². The molecule has 0 bridgehead atoms. The van der Waals surface area contributed by atoms with Crippen molar-refractivity contribution in [2.45, 2.75) is 39.0 Å². The number of anilines is 1. The molecule has 0 aromatic carbocycles. The number of rotatable bonds is 2. The van der Waals surface area contributed by atoms with Gasteiger partial charge in [-0.25, -0.2) is 4.98 Å². The summed E-state index contributed by atoms with van der Waals surface area (Å²) in [4.78, 5) is 19.6. The summed E-state index contributed by atoms with van der Waals surface area (Å²) in [6, 6.07) is 1.59. The first-order chi connectivity index (χ1) is 9.69. The zero-order valence-corrected chi connectivity index (χ0v) is 12.4. The molecular formula is C14H18N4OS. The van der Waals surface area contributed by atoms with E-state index < -0.39 is 0 Å². The minimum Gasteiger partial charge on any atom is -0.346 e. The molecule has 106 valence electrons.